The van der Waals surface area contributed by atoms with Crippen LogP contribution < -0.4 is 5.32 Å². The van der Waals surface area contributed by atoms with E-state index < -0.39 is 23.3 Å². The quantitative estimate of drug-likeness (QED) is 0.374. The number of benzene rings is 2. The van der Waals surface area contributed by atoms with Gasteiger partial charge in [-0.2, -0.15) is 5.10 Å². The number of rotatable bonds is 6. The fourth-order valence-corrected chi connectivity index (χ4v) is 4.15. The van der Waals surface area contributed by atoms with Crippen LogP contribution in [0.3, 0.4) is 0 Å². The molecule has 3 aromatic rings. The van der Waals surface area contributed by atoms with Crippen LogP contribution in [0.1, 0.15) is 43.7 Å². The lowest BCUT2D eigenvalue weighted by Crippen LogP contribution is -2.50. The number of amides is 1. The zero-order valence-corrected chi connectivity index (χ0v) is 21.8. The Labute approximate surface area is 214 Å². The fourth-order valence-electron chi connectivity index (χ4n) is 3.54. The van der Waals surface area contributed by atoms with Gasteiger partial charge >= 0.3 is 5.97 Å². The number of ether oxygens (including phenoxy) is 1. The van der Waals surface area contributed by atoms with Gasteiger partial charge in [0.2, 0.25) is 0 Å². The zero-order chi connectivity index (χ0) is 25.2. The lowest BCUT2D eigenvalue weighted by Gasteiger charge is -2.29. The van der Waals surface area contributed by atoms with E-state index in [0.717, 1.165) is 5.56 Å². The summed E-state index contributed by atoms with van der Waals surface area (Å²) in [7, 11) is 0. The van der Waals surface area contributed by atoms with Crippen molar-refractivity contribution in [3.8, 4) is 16.9 Å². The van der Waals surface area contributed by atoms with Gasteiger partial charge in [-0.15, -0.1) is 0 Å². The molecule has 0 saturated heterocycles. The molecule has 1 N–H and O–H groups in total. The monoisotopic (exact) mass is 521 g/mol. The van der Waals surface area contributed by atoms with Crippen LogP contribution in [0, 0.1) is 12.3 Å². The molecule has 0 radical (unpaired) electrons. The summed E-state index contributed by atoms with van der Waals surface area (Å²) in [6.07, 6.45) is 0. The van der Waals surface area contributed by atoms with Crippen molar-refractivity contribution in [2.24, 2.45) is 5.41 Å². The molecule has 0 fully saturated rings. The Morgan fingerprint density at radius 1 is 1.06 bits per heavy atom. The molecule has 34 heavy (non-hydrogen) atoms. The maximum atomic E-state index is 13.4. The van der Waals surface area contributed by atoms with E-state index in [-0.39, 0.29) is 12.3 Å². The standard InChI is InChI=1S/C25H26Cl3N3O3/c1-6-34-24(33)22(25(3,4)5)29-23(32)20-14(2)21(15-7-9-16(26)10-8-15)31(30-20)19-12-11-17(27)13-18(19)28/h7-13,22H,6H2,1-5H3,(H,29,32). The van der Waals surface area contributed by atoms with Gasteiger partial charge in [0.05, 0.1) is 23.0 Å². The molecule has 1 heterocycles. The topological polar surface area (TPSA) is 73.2 Å². The van der Waals surface area contributed by atoms with E-state index in [1.54, 1.807) is 48.9 Å². The number of hydrogen-bond acceptors (Lipinski definition) is 4. The molecular weight excluding hydrogens is 497 g/mol. The predicted octanol–water partition coefficient (Wildman–Crippen LogP) is 6.52. The van der Waals surface area contributed by atoms with Crippen molar-refractivity contribution in [3.63, 3.8) is 0 Å². The Kier molecular flexibility index (Phi) is 7.96. The van der Waals surface area contributed by atoms with Crippen molar-refractivity contribution in [2.75, 3.05) is 6.61 Å². The highest BCUT2D eigenvalue weighted by atomic mass is 35.5. The molecule has 6 nitrogen and oxygen atoms in total. The highest BCUT2D eigenvalue weighted by Gasteiger charge is 2.35. The number of hydrogen-bond donors (Lipinski definition) is 1. The molecule has 3 rings (SSSR count). The minimum absolute atomic E-state index is 0.162. The van der Waals surface area contributed by atoms with Gasteiger partial charge in [-0.1, -0.05) is 67.7 Å². The molecule has 9 heteroatoms. The zero-order valence-electron chi connectivity index (χ0n) is 19.6. The second-order valence-corrected chi connectivity index (χ2v) is 10.1. The second-order valence-electron chi connectivity index (χ2n) is 8.86. The van der Waals surface area contributed by atoms with Crippen LogP contribution in [0.5, 0.6) is 0 Å². The number of esters is 1. The van der Waals surface area contributed by atoms with Gasteiger partial charge in [0.25, 0.3) is 5.91 Å². The third-order valence-corrected chi connectivity index (χ3v) is 6.05. The predicted molar refractivity (Wildman–Crippen MR) is 136 cm³/mol. The minimum atomic E-state index is -0.859. The van der Waals surface area contributed by atoms with Gasteiger partial charge in [-0.25, -0.2) is 9.48 Å². The summed E-state index contributed by atoms with van der Waals surface area (Å²) >= 11 is 18.6. The Balaban J connectivity index is 2.14. The molecule has 0 aliphatic heterocycles. The van der Waals surface area contributed by atoms with E-state index in [9.17, 15) is 9.59 Å². The Morgan fingerprint density at radius 3 is 2.24 bits per heavy atom. The van der Waals surface area contributed by atoms with E-state index in [0.29, 0.717) is 32.0 Å². The molecule has 180 valence electrons. The second kappa shape index (κ2) is 10.4. The third-order valence-electron chi connectivity index (χ3n) is 5.26. The van der Waals surface area contributed by atoms with E-state index in [4.69, 9.17) is 39.5 Å². The van der Waals surface area contributed by atoms with Crippen LogP contribution in [-0.2, 0) is 9.53 Å². The van der Waals surface area contributed by atoms with Crippen molar-refractivity contribution in [3.05, 3.63) is 68.8 Å². The number of carbonyl (C=O) groups is 2. The van der Waals surface area contributed by atoms with E-state index in [1.807, 2.05) is 32.9 Å². The number of aromatic nitrogens is 2. The van der Waals surface area contributed by atoms with Gasteiger partial charge < -0.3 is 10.1 Å². The number of nitrogens with zero attached hydrogens (tertiary/aromatic N) is 2. The van der Waals surface area contributed by atoms with Gasteiger partial charge in [0, 0.05) is 21.2 Å². The molecule has 1 atom stereocenters. The normalized spacial score (nSPS) is 12.4. The number of nitrogens with one attached hydrogen (secondary N) is 1. The number of halogens is 3. The fraction of sp³-hybridized carbons (Fsp3) is 0.320. The van der Waals surface area contributed by atoms with Crippen LogP contribution >= 0.6 is 34.8 Å². The van der Waals surface area contributed by atoms with E-state index >= 15 is 0 Å². The average molecular weight is 523 g/mol. The van der Waals surface area contributed by atoms with Crippen LogP contribution in [0.25, 0.3) is 16.9 Å². The summed E-state index contributed by atoms with van der Waals surface area (Å²) in [6.45, 7) is 9.29. The lowest BCUT2D eigenvalue weighted by atomic mass is 9.86. The van der Waals surface area contributed by atoms with Crippen molar-refractivity contribution in [2.45, 2.75) is 40.7 Å². The highest BCUT2D eigenvalue weighted by molar-refractivity contribution is 6.35. The highest BCUT2D eigenvalue weighted by Crippen LogP contribution is 2.33. The molecule has 0 aliphatic rings. The molecule has 0 spiro atoms. The smallest absolute Gasteiger partial charge is 0.329 e. The van der Waals surface area contributed by atoms with Crippen molar-refractivity contribution < 1.29 is 14.3 Å². The van der Waals surface area contributed by atoms with E-state index in [2.05, 4.69) is 10.4 Å². The van der Waals surface area contributed by atoms with Gasteiger partial charge in [-0.05, 0) is 49.6 Å². The minimum Gasteiger partial charge on any atom is -0.464 e. The molecule has 0 bridgehead atoms. The van der Waals surface area contributed by atoms with Crippen LogP contribution in [0.15, 0.2) is 42.5 Å². The first-order chi connectivity index (χ1) is 15.9. The Morgan fingerprint density at radius 2 is 1.68 bits per heavy atom. The first-order valence-electron chi connectivity index (χ1n) is 10.7. The lowest BCUT2D eigenvalue weighted by molar-refractivity contribution is -0.148. The molecule has 1 aromatic heterocycles. The summed E-state index contributed by atoms with van der Waals surface area (Å²) in [5, 5.41) is 8.84. The third kappa shape index (κ3) is 5.57. The maximum Gasteiger partial charge on any atom is 0.329 e. The molecule has 0 saturated carbocycles. The van der Waals surface area contributed by atoms with Crippen molar-refractivity contribution in [1.29, 1.82) is 0 Å². The van der Waals surface area contributed by atoms with Gasteiger partial charge in [0.1, 0.15) is 6.04 Å². The molecular formula is C25H26Cl3N3O3. The average Bonchev–Trinajstić information content (AvgIpc) is 3.08. The molecule has 1 amide bonds. The Bertz CT molecular complexity index is 1210. The largest absolute Gasteiger partial charge is 0.464 e. The molecule has 0 aliphatic carbocycles. The van der Waals surface area contributed by atoms with Crippen LogP contribution in [0.2, 0.25) is 15.1 Å². The maximum absolute atomic E-state index is 13.4. The molecule has 2 aromatic carbocycles. The summed E-state index contributed by atoms with van der Waals surface area (Å²) in [5.41, 5.74) is 2.20. The van der Waals surface area contributed by atoms with E-state index in [1.165, 1.54) is 0 Å². The Hall–Kier alpha value is -2.54. The SMILES string of the molecule is CCOC(=O)C(NC(=O)c1nn(-c2ccc(Cl)cc2Cl)c(-c2ccc(Cl)cc2)c1C)C(C)(C)C. The van der Waals surface area contributed by atoms with Crippen LogP contribution in [0.4, 0.5) is 0 Å². The first kappa shape index (κ1) is 26.1. The van der Waals surface area contributed by atoms with Gasteiger partial charge in [-0.3, -0.25) is 4.79 Å². The first-order valence-corrected chi connectivity index (χ1v) is 11.9. The summed E-state index contributed by atoms with van der Waals surface area (Å²) in [6, 6.07) is 11.4. The number of carbonyl (C=O) groups excluding carboxylic acids is 2. The summed E-state index contributed by atoms with van der Waals surface area (Å²) in [5.74, 6) is -0.997. The van der Waals surface area contributed by atoms with Crippen molar-refractivity contribution >= 4 is 46.7 Å². The van der Waals surface area contributed by atoms with Gasteiger partial charge in [0.15, 0.2) is 5.69 Å². The summed E-state index contributed by atoms with van der Waals surface area (Å²) < 4.78 is 6.78. The van der Waals surface area contributed by atoms with Crippen molar-refractivity contribution in [1.82, 2.24) is 15.1 Å². The summed E-state index contributed by atoms with van der Waals surface area (Å²) in [4.78, 5) is 25.9. The molecule has 1 unspecified atom stereocenters. The van der Waals surface area contributed by atoms with Crippen LogP contribution in [-0.4, -0.2) is 34.3 Å².